The van der Waals surface area contributed by atoms with Gasteiger partial charge in [-0.25, -0.2) is 0 Å². The van der Waals surface area contributed by atoms with Gasteiger partial charge in [-0.15, -0.1) is 24.0 Å². The minimum absolute atomic E-state index is 0. The van der Waals surface area contributed by atoms with Crippen LogP contribution in [0.1, 0.15) is 44.1 Å². The zero-order chi connectivity index (χ0) is 15.5. The fraction of sp³-hybridized carbons (Fsp3) is 0.611. The third-order valence-electron chi connectivity index (χ3n) is 4.06. The van der Waals surface area contributed by atoms with Crippen LogP contribution in [0.2, 0.25) is 0 Å². The van der Waals surface area contributed by atoms with E-state index in [9.17, 15) is 0 Å². The lowest BCUT2D eigenvalue weighted by atomic mass is 9.96. The van der Waals surface area contributed by atoms with E-state index in [0.29, 0.717) is 12.0 Å². The number of halogens is 1. The van der Waals surface area contributed by atoms with Crippen molar-refractivity contribution < 1.29 is 4.74 Å². The standard InChI is InChI=1S/C18H29N3O.HI/c19-18(21-17-10-5-2-6-11-17)20-13-7-14-22-15-12-16-8-3-1-4-9-16;/h1,3-4,8-9,17H,2,5-7,10-15H2,(H3,19,20,21);1H. The lowest BCUT2D eigenvalue weighted by Crippen LogP contribution is -2.41. The third kappa shape index (κ3) is 9.15. The Morgan fingerprint density at radius 1 is 1.13 bits per heavy atom. The molecular formula is C18H30IN3O. The van der Waals surface area contributed by atoms with E-state index in [2.05, 4.69) is 34.6 Å². The Labute approximate surface area is 157 Å². The van der Waals surface area contributed by atoms with Crippen molar-refractivity contribution in [3.05, 3.63) is 35.9 Å². The number of nitrogens with two attached hydrogens (primary N) is 1. The van der Waals surface area contributed by atoms with Crippen LogP contribution in [0.4, 0.5) is 0 Å². The maximum Gasteiger partial charge on any atom is 0.188 e. The largest absolute Gasteiger partial charge is 0.381 e. The van der Waals surface area contributed by atoms with Crippen molar-refractivity contribution in [3.63, 3.8) is 0 Å². The molecule has 0 bridgehead atoms. The Hall–Kier alpha value is -0.820. The van der Waals surface area contributed by atoms with E-state index in [4.69, 9.17) is 10.5 Å². The highest BCUT2D eigenvalue weighted by Crippen LogP contribution is 2.16. The van der Waals surface area contributed by atoms with Crippen LogP contribution in [-0.2, 0) is 11.2 Å². The van der Waals surface area contributed by atoms with Gasteiger partial charge in [0.05, 0.1) is 6.61 Å². The summed E-state index contributed by atoms with van der Waals surface area (Å²) >= 11 is 0. The number of rotatable bonds is 8. The lowest BCUT2D eigenvalue weighted by Gasteiger charge is -2.23. The number of nitrogens with one attached hydrogen (secondary N) is 1. The molecule has 1 aliphatic rings. The molecule has 0 atom stereocenters. The first kappa shape index (κ1) is 20.2. The molecule has 23 heavy (non-hydrogen) atoms. The predicted molar refractivity (Wildman–Crippen MR) is 107 cm³/mol. The first-order valence-corrected chi connectivity index (χ1v) is 8.53. The summed E-state index contributed by atoms with van der Waals surface area (Å²) in [5.74, 6) is 0.594. The maximum absolute atomic E-state index is 5.92. The molecule has 0 unspecified atom stereocenters. The van der Waals surface area contributed by atoms with Crippen molar-refractivity contribution in [3.8, 4) is 0 Å². The molecule has 2 rings (SSSR count). The fourth-order valence-corrected chi connectivity index (χ4v) is 2.80. The number of guanidine groups is 1. The second-order valence-electron chi connectivity index (χ2n) is 5.95. The maximum atomic E-state index is 5.92. The molecule has 5 heteroatoms. The van der Waals surface area contributed by atoms with Crippen molar-refractivity contribution in [2.45, 2.75) is 51.0 Å². The van der Waals surface area contributed by atoms with Gasteiger partial charge < -0.3 is 15.8 Å². The molecule has 1 aromatic carbocycles. The van der Waals surface area contributed by atoms with Gasteiger partial charge in [0.1, 0.15) is 0 Å². The molecule has 0 aliphatic heterocycles. The predicted octanol–water partition coefficient (Wildman–Crippen LogP) is 3.49. The molecule has 0 heterocycles. The zero-order valence-electron chi connectivity index (χ0n) is 13.9. The fourth-order valence-electron chi connectivity index (χ4n) is 2.80. The molecule has 1 fully saturated rings. The summed E-state index contributed by atoms with van der Waals surface area (Å²) < 4.78 is 5.64. The van der Waals surface area contributed by atoms with E-state index in [-0.39, 0.29) is 24.0 Å². The van der Waals surface area contributed by atoms with Crippen LogP contribution in [0.5, 0.6) is 0 Å². The van der Waals surface area contributed by atoms with Crippen molar-refractivity contribution in [1.82, 2.24) is 5.32 Å². The van der Waals surface area contributed by atoms with Gasteiger partial charge in [-0.2, -0.15) is 0 Å². The summed E-state index contributed by atoms with van der Waals surface area (Å²) in [6.07, 6.45) is 8.30. The van der Waals surface area contributed by atoms with E-state index < -0.39 is 0 Å². The van der Waals surface area contributed by atoms with Crippen molar-refractivity contribution in [2.24, 2.45) is 10.7 Å². The number of nitrogens with zero attached hydrogens (tertiary/aromatic N) is 1. The Bertz CT molecular complexity index is 433. The van der Waals surface area contributed by atoms with Crippen LogP contribution in [-0.4, -0.2) is 31.8 Å². The Balaban J connectivity index is 0.00000264. The highest BCUT2D eigenvalue weighted by Gasteiger charge is 2.12. The van der Waals surface area contributed by atoms with Gasteiger partial charge in [0.25, 0.3) is 0 Å². The van der Waals surface area contributed by atoms with Gasteiger partial charge in [0.15, 0.2) is 5.96 Å². The van der Waals surface area contributed by atoms with Gasteiger partial charge in [-0.3, -0.25) is 4.99 Å². The van der Waals surface area contributed by atoms with E-state index >= 15 is 0 Å². The van der Waals surface area contributed by atoms with Gasteiger partial charge in [0, 0.05) is 19.2 Å². The summed E-state index contributed by atoms with van der Waals surface area (Å²) in [6.45, 7) is 2.24. The Kier molecular flexibility index (Phi) is 11.1. The minimum Gasteiger partial charge on any atom is -0.381 e. The van der Waals surface area contributed by atoms with Gasteiger partial charge in [-0.1, -0.05) is 49.6 Å². The summed E-state index contributed by atoms with van der Waals surface area (Å²) in [7, 11) is 0. The molecule has 0 aromatic heterocycles. The lowest BCUT2D eigenvalue weighted by molar-refractivity contribution is 0.136. The summed E-state index contributed by atoms with van der Waals surface area (Å²) in [4.78, 5) is 4.38. The van der Waals surface area contributed by atoms with Crippen molar-refractivity contribution in [1.29, 1.82) is 0 Å². The second kappa shape index (κ2) is 12.6. The smallest absolute Gasteiger partial charge is 0.188 e. The van der Waals surface area contributed by atoms with Crippen LogP contribution in [0.15, 0.2) is 35.3 Å². The number of benzene rings is 1. The quantitative estimate of drug-likeness (QED) is 0.287. The SMILES string of the molecule is I.NC(=NCCCOCCc1ccccc1)NC1CCCCC1. The normalized spacial score (nSPS) is 15.9. The number of ether oxygens (including phenoxy) is 1. The van der Waals surface area contributed by atoms with E-state index in [0.717, 1.165) is 32.6 Å². The van der Waals surface area contributed by atoms with Crippen molar-refractivity contribution >= 4 is 29.9 Å². The first-order chi connectivity index (χ1) is 10.8. The molecule has 0 spiro atoms. The van der Waals surface area contributed by atoms with Gasteiger partial charge in [0.2, 0.25) is 0 Å². The molecule has 1 saturated carbocycles. The van der Waals surface area contributed by atoms with E-state index in [1.54, 1.807) is 0 Å². The summed E-state index contributed by atoms with van der Waals surface area (Å²) in [5.41, 5.74) is 7.24. The highest BCUT2D eigenvalue weighted by molar-refractivity contribution is 14.0. The minimum atomic E-state index is 0. The molecule has 3 N–H and O–H groups in total. The summed E-state index contributed by atoms with van der Waals surface area (Å²) in [5, 5.41) is 3.33. The Morgan fingerprint density at radius 2 is 1.87 bits per heavy atom. The van der Waals surface area contributed by atoms with Crippen LogP contribution in [0.3, 0.4) is 0 Å². The van der Waals surface area contributed by atoms with E-state index in [1.807, 2.05) is 6.07 Å². The number of hydrogen-bond donors (Lipinski definition) is 2. The van der Waals surface area contributed by atoms with Gasteiger partial charge in [-0.05, 0) is 31.2 Å². The highest BCUT2D eigenvalue weighted by atomic mass is 127. The van der Waals surface area contributed by atoms with E-state index in [1.165, 1.54) is 37.7 Å². The molecule has 1 aliphatic carbocycles. The third-order valence-corrected chi connectivity index (χ3v) is 4.06. The molecular weight excluding hydrogens is 401 g/mol. The molecule has 0 saturated heterocycles. The van der Waals surface area contributed by atoms with Crippen LogP contribution in [0, 0.1) is 0 Å². The monoisotopic (exact) mass is 431 g/mol. The van der Waals surface area contributed by atoms with Crippen molar-refractivity contribution in [2.75, 3.05) is 19.8 Å². The van der Waals surface area contributed by atoms with Crippen LogP contribution in [0.25, 0.3) is 0 Å². The molecule has 130 valence electrons. The molecule has 1 aromatic rings. The van der Waals surface area contributed by atoms with Crippen LogP contribution >= 0.6 is 24.0 Å². The number of aliphatic imine (C=N–C) groups is 1. The second-order valence-corrected chi connectivity index (χ2v) is 5.95. The molecule has 0 amide bonds. The molecule has 0 radical (unpaired) electrons. The first-order valence-electron chi connectivity index (χ1n) is 8.53. The molecule has 4 nitrogen and oxygen atoms in total. The average molecular weight is 431 g/mol. The zero-order valence-corrected chi connectivity index (χ0v) is 16.2. The van der Waals surface area contributed by atoms with Crippen LogP contribution < -0.4 is 11.1 Å². The summed E-state index contributed by atoms with van der Waals surface area (Å²) in [6, 6.07) is 10.9. The number of hydrogen-bond acceptors (Lipinski definition) is 2. The topological polar surface area (TPSA) is 59.6 Å². The van der Waals surface area contributed by atoms with Gasteiger partial charge >= 0.3 is 0 Å². The average Bonchev–Trinajstić information content (AvgIpc) is 2.56. The Morgan fingerprint density at radius 3 is 2.61 bits per heavy atom.